The first-order valence-electron chi connectivity index (χ1n) is 5.62. The predicted octanol–water partition coefficient (Wildman–Crippen LogP) is 3.21. The molecule has 2 aromatic rings. The van der Waals surface area contributed by atoms with Crippen LogP contribution in [0.3, 0.4) is 0 Å². The summed E-state index contributed by atoms with van der Waals surface area (Å²) in [4.78, 5) is 4.50. The van der Waals surface area contributed by atoms with Crippen molar-refractivity contribution >= 4 is 33.3 Å². The van der Waals surface area contributed by atoms with E-state index in [9.17, 15) is 0 Å². The lowest BCUT2D eigenvalue weighted by Gasteiger charge is -2.03. The molecule has 18 heavy (non-hydrogen) atoms. The van der Waals surface area contributed by atoms with Gasteiger partial charge in [-0.15, -0.1) is 0 Å². The highest BCUT2D eigenvalue weighted by Crippen LogP contribution is 2.33. The maximum Gasteiger partial charge on any atom is 0.150 e. The topological polar surface area (TPSA) is 69.9 Å². The van der Waals surface area contributed by atoms with E-state index in [-0.39, 0.29) is 0 Å². The fourth-order valence-corrected chi connectivity index (χ4v) is 2.64. The molecule has 2 rings (SSSR count). The normalized spacial score (nSPS) is 10.8. The summed E-state index contributed by atoms with van der Waals surface area (Å²) in [6.45, 7) is 2.07. The van der Waals surface area contributed by atoms with Crippen LogP contribution in [-0.4, -0.2) is 9.66 Å². The molecular formula is C12H14BrClN4. The number of nitrogens with zero attached hydrogens (tertiary/aromatic N) is 2. The molecule has 0 spiro atoms. The third-order valence-electron chi connectivity index (χ3n) is 2.68. The van der Waals surface area contributed by atoms with Crippen molar-refractivity contribution < 1.29 is 0 Å². The number of aromatic nitrogens is 2. The van der Waals surface area contributed by atoms with Gasteiger partial charge in [0.05, 0.1) is 0 Å². The Bertz CT molecular complexity index is 580. The van der Waals surface area contributed by atoms with Crippen LogP contribution >= 0.6 is 27.5 Å². The molecular weight excluding hydrogens is 316 g/mol. The van der Waals surface area contributed by atoms with Gasteiger partial charge in [0.2, 0.25) is 0 Å². The first-order chi connectivity index (χ1) is 8.54. The highest BCUT2D eigenvalue weighted by Gasteiger charge is 2.16. The summed E-state index contributed by atoms with van der Waals surface area (Å²) >= 11 is 9.38. The molecule has 1 aromatic heterocycles. The Morgan fingerprint density at radius 3 is 2.78 bits per heavy atom. The lowest BCUT2D eigenvalue weighted by Crippen LogP contribution is -2.15. The number of imidazole rings is 1. The quantitative estimate of drug-likeness (QED) is 0.849. The molecule has 1 aromatic carbocycles. The van der Waals surface area contributed by atoms with E-state index in [0.717, 1.165) is 28.7 Å². The zero-order chi connectivity index (χ0) is 13.3. The maximum atomic E-state index is 5.99. The van der Waals surface area contributed by atoms with Crippen molar-refractivity contribution in [1.29, 1.82) is 0 Å². The van der Waals surface area contributed by atoms with E-state index in [1.807, 2.05) is 12.1 Å². The van der Waals surface area contributed by atoms with Gasteiger partial charge in [-0.25, -0.2) is 9.66 Å². The summed E-state index contributed by atoms with van der Waals surface area (Å²) in [5.41, 5.74) is 7.57. The van der Waals surface area contributed by atoms with E-state index in [4.69, 9.17) is 23.2 Å². The van der Waals surface area contributed by atoms with Gasteiger partial charge in [-0.2, -0.15) is 0 Å². The molecule has 4 N–H and O–H groups in total. The molecule has 0 saturated heterocycles. The fraction of sp³-hybridized carbons (Fsp3) is 0.250. The molecule has 0 radical (unpaired) electrons. The summed E-state index contributed by atoms with van der Waals surface area (Å²) < 4.78 is 2.29. The summed E-state index contributed by atoms with van der Waals surface area (Å²) in [6.07, 6.45) is 1.76. The predicted molar refractivity (Wildman–Crippen MR) is 78.9 cm³/mol. The van der Waals surface area contributed by atoms with Crippen molar-refractivity contribution in [2.75, 3.05) is 11.6 Å². The number of benzene rings is 1. The molecule has 0 atom stereocenters. The van der Waals surface area contributed by atoms with Crippen LogP contribution in [0, 0.1) is 0 Å². The molecule has 1 heterocycles. The lowest BCUT2D eigenvalue weighted by atomic mass is 10.1. The Labute approximate surface area is 119 Å². The number of anilines is 1. The average molecular weight is 330 g/mol. The van der Waals surface area contributed by atoms with Gasteiger partial charge >= 0.3 is 0 Å². The monoisotopic (exact) mass is 328 g/mol. The van der Waals surface area contributed by atoms with Gasteiger partial charge in [0, 0.05) is 21.5 Å². The van der Waals surface area contributed by atoms with E-state index < -0.39 is 0 Å². The van der Waals surface area contributed by atoms with Crippen molar-refractivity contribution in [1.82, 2.24) is 9.66 Å². The number of rotatable bonds is 3. The Kier molecular flexibility index (Phi) is 3.82. The third-order valence-corrected chi connectivity index (χ3v) is 3.57. The molecule has 0 unspecified atom stereocenters. The largest absolute Gasteiger partial charge is 0.382 e. The number of nitrogens with two attached hydrogens (primary N) is 2. The first kappa shape index (κ1) is 13.2. The van der Waals surface area contributed by atoms with Crippen LogP contribution in [0.25, 0.3) is 11.3 Å². The second kappa shape index (κ2) is 5.20. The van der Waals surface area contributed by atoms with E-state index >= 15 is 0 Å². The van der Waals surface area contributed by atoms with Gasteiger partial charge in [0.1, 0.15) is 11.5 Å². The smallest absolute Gasteiger partial charge is 0.150 e. The van der Waals surface area contributed by atoms with Crippen molar-refractivity contribution in [2.45, 2.75) is 19.8 Å². The minimum atomic E-state index is 0.460. The van der Waals surface area contributed by atoms with Crippen molar-refractivity contribution in [3.63, 3.8) is 0 Å². The van der Waals surface area contributed by atoms with E-state index in [0.29, 0.717) is 16.5 Å². The summed E-state index contributed by atoms with van der Waals surface area (Å²) in [5.74, 6) is 7.14. The molecule has 0 aliphatic heterocycles. The number of hydrogen-bond donors (Lipinski definition) is 2. The highest BCUT2D eigenvalue weighted by atomic mass is 79.9. The number of nitrogen functional groups attached to an aromatic ring is 2. The Hall–Kier alpha value is -1.20. The van der Waals surface area contributed by atoms with Gasteiger partial charge in [-0.05, 0) is 18.6 Å². The molecule has 4 nitrogen and oxygen atoms in total. The summed E-state index contributed by atoms with van der Waals surface area (Å²) in [5, 5.41) is 0.658. The first-order valence-corrected chi connectivity index (χ1v) is 6.79. The maximum absolute atomic E-state index is 5.99. The van der Waals surface area contributed by atoms with Crippen LogP contribution in [0.4, 0.5) is 5.82 Å². The SMILES string of the molecule is CCCc1nc(-c2ccc(Cl)cc2Br)c(N)n1N. The van der Waals surface area contributed by atoms with Crippen LogP contribution in [0.5, 0.6) is 0 Å². The molecule has 0 amide bonds. The van der Waals surface area contributed by atoms with Gasteiger partial charge in [-0.3, -0.25) is 0 Å². The zero-order valence-corrected chi connectivity index (χ0v) is 12.3. The molecule has 0 bridgehead atoms. The number of aryl methyl sites for hydroxylation is 1. The second-order valence-corrected chi connectivity index (χ2v) is 5.30. The Balaban J connectivity index is 2.53. The van der Waals surface area contributed by atoms with E-state index in [1.165, 1.54) is 4.68 Å². The lowest BCUT2D eigenvalue weighted by molar-refractivity contribution is 0.794. The van der Waals surface area contributed by atoms with Crippen molar-refractivity contribution in [3.8, 4) is 11.3 Å². The Morgan fingerprint density at radius 1 is 1.44 bits per heavy atom. The van der Waals surface area contributed by atoms with Crippen LogP contribution < -0.4 is 11.6 Å². The molecule has 0 saturated carbocycles. The average Bonchev–Trinajstić information content (AvgIpc) is 2.58. The third kappa shape index (κ3) is 2.33. The van der Waals surface area contributed by atoms with Crippen molar-refractivity contribution in [2.24, 2.45) is 0 Å². The molecule has 0 aliphatic rings. The standard InChI is InChI=1S/C12H14BrClN4/c1-2-3-10-17-11(12(15)18(10)16)8-5-4-7(14)6-9(8)13/h4-6H,2-3,15-16H2,1H3. The number of hydrogen-bond acceptors (Lipinski definition) is 3. The van der Waals surface area contributed by atoms with Crippen LogP contribution in [-0.2, 0) is 6.42 Å². The van der Waals surface area contributed by atoms with Gasteiger partial charge < -0.3 is 11.6 Å². The number of halogens is 2. The van der Waals surface area contributed by atoms with Crippen LogP contribution in [0.15, 0.2) is 22.7 Å². The van der Waals surface area contributed by atoms with Gasteiger partial charge in [0.25, 0.3) is 0 Å². The second-order valence-electron chi connectivity index (χ2n) is 4.01. The van der Waals surface area contributed by atoms with E-state index in [1.54, 1.807) is 6.07 Å². The minimum absolute atomic E-state index is 0.460. The Morgan fingerprint density at radius 2 is 2.17 bits per heavy atom. The van der Waals surface area contributed by atoms with Crippen LogP contribution in [0.1, 0.15) is 19.2 Å². The van der Waals surface area contributed by atoms with E-state index in [2.05, 4.69) is 27.8 Å². The molecule has 96 valence electrons. The summed E-state index contributed by atoms with van der Waals surface area (Å²) in [7, 11) is 0. The molecule has 6 heteroatoms. The molecule has 0 aliphatic carbocycles. The summed E-state index contributed by atoms with van der Waals surface area (Å²) in [6, 6.07) is 5.49. The minimum Gasteiger partial charge on any atom is -0.382 e. The highest BCUT2D eigenvalue weighted by molar-refractivity contribution is 9.10. The van der Waals surface area contributed by atoms with Crippen LogP contribution in [0.2, 0.25) is 5.02 Å². The molecule has 0 fully saturated rings. The fourth-order valence-electron chi connectivity index (χ4n) is 1.77. The zero-order valence-electron chi connectivity index (χ0n) is 9.95. The van der Waals surface area contributed by atoms with Gasteiger partial charge in [0.15, 0.2) is 5.82 Å². The van der Waals surface area contributed by atoms with Gasteiger partial charge in [-0.1, -0.05) is 40.5 Å². The van der Waals surface area contributed by atoms with Crippen molar-refractivity contribution in [3.05, 3.63) is 33.5 Å².